The van der Waals surface area contributed by atoms with Gasteiger partial charge in [-0.05, 0) is 19.3 Å². The second kappa shape index (κ2) is 42.8. The van der Waals surface area contributed by atoms with E-state index in [4.69, 9.17) is 0 Å². The average molecular weight is 736 g/mol. The molecule has 0 aromatic heterocycles. The topological polar surface area (TPSA) is 89.8 Å². The van der Waals surface area contributed by atoms with Gasteiger partial charge >= 0.3 is 0 Å². The highest BCUT2D eigenvalue weighted by Crippen LogP contribution is 2.17. The zero-order valence-corrected chi connectivity index (χ0v) is 35.2. The van der Waals surface area contributed by atoms with E-state index < -0.39 is 18.2 Å². The maximum absolute atomic E-state index is 12.5. The Labute approximate surface area is 325 Å². The monoisotopic (exact) mass is 736 g/mol. The fraction of sp³-hybridized carbons (Fsp3) is 0.936. The molecule has 4 N–H and O–H groups in total. The van der Waals surface area contributed by atoms with Gasteiger partial charge in [-0.15, -0.1) is 0 Å². The third kappa shape index (κ3) is 38.8. The minimum atomic E-state index is -0.924. The molecule has 0 aliphatic heterocycles. The number of hydrogen-bond acceptors (Lipinski definition) is 4. The Morgan fingerprint density at radius 3 is 1.12 bits per heavy atom. The molecular weight excluding hydrogens is 643 g/mol. The molecule has 52 heavy (non-hydrogen) atoms. The molecule has 0 aromatic rings. The van der Waals surface area contributed by atoms with Crippen LogP contribution in [-0.2, 0) is 4.79 Å². The average Bonchev–Trinajstić information content (AvgIpc) is 3.14. The lowest BCUT2D eigenvalue weighted by molar-refractivity contribution is -0.124. The predicted molar refractivity (Wildman–Crippen MR) is 227 cm³/mol. The highest BCUT2D eigenvalue weighted by Gasteiger charge is 2.20. The summed E-state index contributed by atoms with van der Waals surface area (Å²) in [5, 5.41) is 33.3. The highest BCUT2D eigenvalue weighted by atomic mass is 16.3. The van der Waals surface area contributed by atoms with Crippen LogP contribution in [0.1, 0.15) is 258 Å². The molecule has 0 rings (SSSR count). The molecule has 0 aromatic carbocycles. The van der Waals surface area contributed by atoms with Crippen molar-refractivity contribution in [3.05, 3.63) is 12.2 Å². The Kier molecular flexibility index (Phi) is 42.1. The Balaban J connectivity index is 3.61. The molecule has 5 nitrogen and oxygen atoms in total. The zero-order chi connectivity index (χ0) is 38.0. The Bertz CT molecular complexity index is 728. The lowest BCUT2D eigenvalue weighted by atomic mass is 10.0. The standard InChI is InChI=1S/C47H93NO4/c1-3-5-7-9-11-13-15-17-19-21-23-24-26-28-30-32-34-36-38-40-44(50)42-47(52)48-45(43-49)46(51)41-39-37-35-33-31-29-27-25-22-20-18-16-14-12-10-8-6-4-2/h39,41,44-46,49-51H,3-38,40,42-43H2,1-2H3,(H,48,52)/b41-39+. The second-order valence-electron chi connectivity index (χ2n) is 16.4. The lowest BCUT2D eigenvalue weighted by Crippen LogP contribution is -2.45. The summed E-state index contributed by atoms with van der Waals surface area (Å²) < 4.78 is 0. The van der Waals surface area contributed by atoms with Crippen LogP contribution in [0.25, 0.3) is 0 Å². The maximum atomic E-state index is 12.5. The number of carbonyl (C=O) groups is 1. The number of rotatable bonds is 43. The van der Waals surface area contributed by atoms with E-state index in [0.29, 0.717) is 6.42 Å². The van der Waals surface area contributed by atoms with Crippen molar-refractivity contribution >= 4 is 5.91 Å². The fourth-order valence-electron chi connectivity index (χ4n) is 7.46. The zero-order valence-electron chi connectivity index (χ0n) is 35.2. The smallest absolute Gasteiger partial charge is 0.222 e. The van der Waals surface area contributed by atoms with Gasteiger partial charge in [0.25, 0.3) is 0 Å². The van der Waals surface area contributed by atoms with E-state index in [1.165, 1.54) is 205 Å². The Morgan fingerprint density at radius 2 is 0.788 bits per heavy atom. The number of carbonyl (C=O) groups excluding carboxylic acids is 1. The van der Waals surface area contributed by atoms with Crippen molar-refractivity contribution in [2.24, 2.45) is 0 Å². The molecule has 3 atom stereocenters. The molecule has 0 aliphatic carbocycles. The summed E-state index contributed by atoms with van der Waals surface area (Å²) in [6, 6.07) is -0.739. The highest BCUT2D eigenvalue weighted by molar-refractivity contribution is 5.76. The van der Waals surface area contributed by atoms with Gasteiger partial charge in [-0.1, -0.05) is 244 Å². The van der Waals surface area contributed by atoms with E-state index in [-0.39, 0.29) is 18.9 Å². The van der Waals surface area contributed by atoms with Gasteiger partial charge in [-0.3, -0.25) is 4.79 Å². The molecule has 0 radical (unpaired) electrons. The van der Waals surface area contributed by atoms with Crippen molar-refractivity contribution in [3.8, 4) is 0 Å². The quantitative estimate of drug-likeness (QED) is 0.0371. The molecule has 5 heteroatoms. The van der Waals surface area contributed by atoms with E-state index in [2.05, 4.69) is 19.2 Å². The first-order valence-corrected chi connectivity index (χ1v) is 23.5. The van der Waals surface area contributed by atoms with Crippen molar-refractivity contribution < 1.29 is 20.1 Å². The summed E-state index contributed by atoms with van der Waals surface area (Å²) in [4.78, 5) is 12.5. The van der Waals surface area contributed by atoms with E-state index >= 15 is 0 Å². The first-order chi connectivity index (χ1) is 25.5. The molecule has 0 fully saturated rings. The molecule has 0 spiro atoms. The number of nitrogens with one attached hydrogen (secondary N) is 1. The van der Waals surface area contributed by atoms with Crippen molar-refractivity contribution in [2.75, 3.05) is 6.61 Å². The minimum Gasteiger partial charge on any atom is -0.394 e. The molecule has 1 amide bonds. The summed E-state index contributed by atoms with van der Waals surface area (Å²) in [6.45, 7) is 4.24. The van der Waals surface area contributed by atoms with Crippen LogP contribution in [0.15, 0.2) is 12.2 Å². The van der Waals surface area contributed by atoms with E-state index in [0.717, 1.165) is 25.7 Å². The Morgan fingerprint density at radius 1 is 0.481 bits per heavy atom. The third-order valence-electron chi connectivity index (χ3n) is 11.1. The summed E-state index contributed by atoms with van der Waals surface area (Å²) in [7, 11) is 0. The first kappa shape index (κ1) is 51.1. The van der Waals surface area contributed by atoms with E-state index in [9.17, 15) is 20.1 Å². The van der Waals surface area contributed by atoms with Crippen molar-refractivity contribution in [2.45, 2.75) is 276 Å². The summed E-state index contributed by atoms with van der Waals surface area (Å²) in [5.74, 6) is -0.311. The van der Waals surface area contributed by atoms with Gasteiger partial charge in [-0.2, -0.15) is 0 Å². The van der Waals surface area contributed by atoms with Gasteiger partial charge in [0.05, 0.1) is 31.3 Å². The van der Waals surface area contributed by atoms with E-state index in [1.807, 2.05) is 6.08 Å². The number of unbranched alkanes of at least 4 members (excludes halogenated alkanes) is 34. The number of allylic oxidation sites excluding steroid dienone is 1. The van der Waals surface area contributed by atoms with Crippen LogP contribution in [0.5, 0.6) is 0 Å². The minimum absolute atomic E-state index is 0.0190. The van der Waals surface area contributed by atoms with Crippen LogP contribution in [0.3, 0.4) is 0 Å². The summed E-state index contributed by atoms with van der Waals surface area (Å²) in [5.41, 5.74) is 0. The van der Waals surface area contributed by atoms with Crippen LogP contribution in [0.2, 0.25) is 0 Å². The first-order valence-electron chi connectivity index (χ1n) is 23.5. The number of aliphatic hydroxyl groups is 3. The van der Waals surface area contributed by atoms with Crippen molar-refractivity contribution in [1.29, 1.82) is 0 Å². The summed E-state index contributed by atoms with van der Waals surface area (Å²) in [6.07, 6.45) is 50.7. The molecule has 0 aliphatic rings. The third-order valence-corrected chi connectivity index (χ3v) is 11.1. The molecule has 0 saturated heterocycles. The summed E-state index contributed by atoms with van der Waals surface area (Å²) >= 11 is 0. The van der Waals surface area contributed by atoms with Crippen LogP contribution in [0.4, 0.5) is 0 Å². The molecule has 0 bridgehead atoms. The van der Waals surface area contributed by atoms with Gasteiger partial charge < -0.3 is 20.6 Å². The van der Waals surface area contributed by atoms with Crippen LogP contribution >= 0.6 is 0 Å². The van der Waals surface area contributed by atoms with Crippen LogP contribution < -0.4 is 5.32 Å². The maximum Gasteiger partial charge on any atom is 0.222 e. The van der Waals surface area contributed by atoms with Gasteiger partial charge in [0.2, 0.25) is 5.91 Å². The van der Waals surface area contributed by atoms with Crippen molar-refractivity contribution in [1.82, 2.24) is 5.32 Å². The van der Waals surface area contributed by atoms with Gasteiger partial charge in [0.15, 0.2) is 0 Å². The SMILES string of the molecule is CCCCCCCCCCCCCCCCCC/C=C/C(O)C(CO)NC(=O)CC(O)CCCCCCCCCCCCCCCCCCCCC. The molecular formula is C47H93NO4. The lowest BCUT2D eigenvalue weighted by Gasteiger charge is -2.21. The molecule has 0 saturated carbocycles. The predicted octanol–water partition coefficient (Wildman–Crippen LogP) is 13.6. The number of amides is 1. The molecule has 3 unspecified atom stereocenters. The van der Waals surface area contributed by atoms with Gasteiger partial charge in [0.1, 0.15) is 0 Å². The van der Waals surface area contributed by atoms with E-state index in [1.54, 1.807) is 6.08 Å². The van der Waals surface area contributed by atoms with Crippen LogP contribution in [0, 0.1) is 0 Å². The van der Waals surface area contributed by atoms with Crippen LogP contribution in [-0.4, -0.2) is 46.1 Å². The number of hydrogen-bond donors (Lipinski definition) is 4. The second-order valence-corrected chi connectivity index (χ2v) is 16.4. The Hall–Kier alpha value is -0.910. The molecule has 0 heterocycles. The van der Waals surface area contributed by atoms with Gasteiger partial charge in [0, 0.05) is 0 Å². The largest absolute Gasteiger partial charge is 0.394 e. The normalized spacial score (nSPS) is 13.6. The van der Waals surface area contributed by atoms with Gasteiger partial charge in [-0.25, -0.2) is 0 Å². The number of aliphatic hydroxyl groups excluding tert-OH is 3. The molecule has 310 valence electrons. The fourth-order valence-corrected chi connectivity index (χ4v) is 7.46. The van der Waals surface area contributed by atoms with Crippen molar-refractivity contribution in [3.63, 3.8) is 0 Å².